The molecule has 0 heterocycles. The quantitative estimate of drug-likeness (QED) is 0.848. The first-order valence-electron chi connectivity index (χ1n) is 7.32. The molecule has 0 aliphatic heterocycles. The van der Waals surface area contributed by atoms with Crippen molar-refractivity contribution in [2.75, 3.05) is 13.2 Å². The minimum Gasteiger partial charge on any atom is -0.491 e. The van der Waals surface area contributed by atoms with E-state index in [9.17, 15) is 4.79 Å². The lowest BCUT2D eigenvalue weighted by molar-refractivity contribution is 0.0518. The van der Waals surface area contributed by atoms with Gasteiger partial charge >= 0.3 is 6.09 Å². The van der Waals surface area contributed by atoms with Crippen LogP contribution in [-0.4, -0.2) is 36.1 Å². The molecule has 1 amide bonds. The van der Waals surface area contributed by atoms with Crippen molar-refractivity contribution in [3.63, 3.8) is 0 Å². The SMILES string of the molecule is C[C@@H](/C=C/c1ccccc1OCCO)NC(=O)OC(C)(C)C. The van der Waals surface area contributed by atoms with Crippen LogP contribution < -0.4 is 10.1 Å². The fourth-order valence-corrected chi connectivity index (χ4v) is 1.69. The molecule has 1 aromatic carbocycles. The van der Waals surface area contributed by atoms with E-state index in [-0.39, 0.29) is 19.3 Å². The first-order valence-corrected chi connectivity index (χ1v) is 7.32. The maximum atomic E-state index is 11.7. The summed E-state index contributed by atoms with van der Waals surface area (Å²) in [5.74, 6) is 0.692. The fraction of sp³-hybridized carbons (Fsp3) is 0.471. The summed E-state index contributed by atoms with van der Waals surface area (Å²) in [5.41, 5.74) is 0.368. The highest BCUT2D eigenvalue weighted by molar-refractivity contribution is 5.69. The van der Waals surface area contributed by atoms with Gasteiger partial charge < -0.3 is 19.9 Å². The van der Waals surface area contributed by atoms with Gasteiger partial charge in [0.1, 0.15) is 18.0 Å². The van der Waals surface area contributed by atoms with Crippen LogP contribution in [-0.2, 0) is 4.74 Å². The molecule has 22 heavy (non-hydrogen) atoms. The van der Waals surface area contributed by atoms with E-state index in [2.05, 4.69) is 5.32 Å². The smallest absolute Gasteiger partial charge is 0.408 e. The van der Waals surface area contributed by atoms with Crippen molar-refractivity contribution in [1.82, 2.24) is 5.32 Å². The van der Waals surface area contributed by atoms with E-state index in [4.69, 9.17) is 14.6 Å². The summed E-state index contributed by atoms with van der Waals surface area (Å²) in [4.78, 5) is 11.7. The van der Waals surface area contributed by atoms with Crippen LogP contribution in [0.2, 0.25) is 0 Å². The van der Waals surface area contributed by atoms with Crippen LogP contribution in [0.4, 0.5) is 4.79 Å². The number of nitrogens with one attached hydrogen (secondary N) is 1. The highest BCUT2D eigenvalue weighted by atomic mass is 16.6. The molecule has 1 aromatic rings. The van der Waals surface area contributed by atoms with E-state index in [1.807, 2.05) is 64.1 Å². The molecule has 5 nitrogen and oxygen atoms in total. The van der Waals surface area contributed by atoms with Crippen LogP contribution in [0.25, 0.3) is 6.08 Å². The van der Waals surface area contributed by atoms with Crippen molar-refractivity contribution in [3.8, 4) is 5.75 Å². The molecule has 0 aliphatic carbocycles. The molecule has 0 radical (unpaired) electrons. The Hall–Kier alpha value is -2.01. The Labute approximate surface area is 131 Å². The van der Waals surface area contributed by atoms with Crippen molar-refractivity contribution in [3.05, 3.63) is 35.9 Å². The van der Waals surface area contributed by atoms with Crippen LogP contribution in [0.1, 0.15) is 33.3 Å². The van der Waals surface area contributed by atoms with Crippen molar-refractivity contribution in [2.24, 2.45) is 0 Å². The number of ether oxygens (including phenoxy) is 2. The molecule has 2 N–H and O–H groups in total. The third-order valence-electron chi connectivity index (χ3n) is 2.58. The monoisotopic (exact) mass is 307 g/mol. The molecule has 0 aliphatic rings. The number of alkyl carbamates (subject to hydrolysis) is 1. The summed E-state index contributed by atoms with van der Waals surface area (Å²) in [5, 5.41) is 11.6. The maximum Gasteiger partial charge on any atom is 0.408 e. The summed E-state index contributed by atoms with van der Waals surface area (Å²) in [6.07, 6.45) is 3.27. The lowest BCUT2D eigenvalue weighted by Gasteiger charge is -2.21. The fourth-order valence-electron chi connectivity index (χ4n) is 1.69. The average molecular weight is 307 g/mol. The number of para-hydroxylation sites is 1. The lowest BCUT2D eigenvalue weighted by Crippen LogP contribution is -2.36. The Morgan fingerprint density at radius 1 is 1.36 bits per heavy atom. The Morgan fingerprint density at radius 3 is 2.68 bits per heavy atom. The number of rotatable bonds is 6. The van der Waals surface area contributed by atoms with E-state index < -0.39 is 11.7 Å². The van der Waals surface area contributed by atoms with Gasteiger partial charge in [0.2, 0.25) is 0 Å². The Balaban J connectivity index is 2.62. The number of aliphatic hydroxyl groups excluding tert-OH is 1. The highest BCUT2D eigenvalue weighted by Crippen LogP contribution is 2.19. The van der Waals surface area contributed by atoms with Gasteiger partial charge in [-0.1, -0.05) is 30.4 Å². The van der Waals surface area contributed by atoms with E-state index in [0.29, 0.717) is 5.75 Å². The largest absolute Gasteiger partial charge is 0.491 e. The van der Waals surface area contributed by atoms with E-state index in [1.54, 1.807) is 0 Å². The van der Waals surface area contributed by atoms with E-state index in [0.717, 1.165) is 5.56 Å². The molecule has 0 aromatic heterocycles. The summed E-state index contributed by atoms with van der Waals surface area (Å²) >= 11 is 0. The zero-order chi connectivity index (χ0) is 16.6. The highest BCUT2D eigenvalue weighted by Gasteiger charge is 2.16. The molecule has 5 heteroatoms. The molecule has 1 atom stereocenters. The molecule has 1 rings (SSSR count). The maximum absolute atomic E-state index is 11.7. The average Bonchev–Trinajstić information content (AvgIpc) is 2.41. The third-order valence-corrected chi connectivity index (χ3v) is 2.58. The van der Waals surface area contributed by atoms with Crippen LogP contribution in [0.15, 0.2) is 30.3 Å². The van der Waals surface area contributed by atoms with Gasteiger partial charge in [-0.05, 0) is 33.8 Å². The first-order chi connectivity index (χ1) is 10.3. The second-order valence-corrected chi connectivity index (χ2v) is 5.90. The first kappa shape index (κ1) is 18.0. The standard InChI is InChI=1S/C17H25NO4/c1-13(18-16(20)22-17(2,3)4)9-10-14-7-5-6-8-15(14)21-12-11-19/h5-10,13,19H,11-12H2,1-4H3,(H,18,20)/b10-9+/t13-/m0/s1. The van der Waals surface area contributed by atoms with Gasteiger partial charge in [0.05, 0.1) is 6.61 Å². The topological polar surface area (TPSA) is 67.8 Å². The van der Waals surface area contributed by atoms with Crippen molar-refractivity contribution < 1.29 is 19.4 Å². The Kier molecular flexibility index (Phi) is 6.92. The predicted octanol–water partition coefficient (Wildman–Crippen LogP) is 2.98. The predicted molar refractivity (Wildman–Crippen MR) is 86.9 cm³/mol. The van der Waals surface area contributed by atoms with E-state index >= 15 is 0 Å². The number of carbonyl (C=O) groups is 1. The second kappa shape index (κ2) is 8.44. The Morgan fingerprint density at radius 2 is 2.05 bits per heavy atom. The van der Waals surface area contributed by atoms with Gasteiger partial charge in [0.15, 0.2) is 0 Å². The number of benzene rings is 1. The summed E-state index contributed by atoms with van der Waals surface area (Å²) in [7, 11) is 0. The molecule has 0 saturated carbocycles. The van der Waals surface area contributed by atoms with Gasteiger partial charge in [-0.2, -0.15) is 0 Å². The number of carbonyl (C=O) groups excluding carboxylic acids is 1. The molecule has 0 bridgehead atoms. The summed E-state index contributed by atoms with van der Waals surface area (Å²) in [6.45, 7) is 7.54. The summed E-state index contributed by atoms with van der Waals surface area (Å²) in [6, 6.07) is 7.33. The molecule has 0 saturated heterocycles. The van der Waals surface area contributed by atoms with Gasteiger partial charge in [0, 0.05) is 11.6 Å². The van der Waals surface area contributed by atoms with Gasteiger partial charge in [0.25, 0.3) is 0 Å². The second-order valence-electron chi connectivity index (χ2n) is 5.90. The summed E-state index contributed by atoms with van der Waals surface area (Å²) < 4.78 is 10.7. The van der Waals surface area contributed by atoms with Crippen molar-refractivity contribution in [2.45, 2.75) is 39.3 Å². The van der Waals surface area contributed by atoms with Crippen molar-refractivity contribution in [1.29, 1.82) is 0 Å². The normalized spacial score (nSPS) is 13.0. The number of hydrogen-bond acceptors (Lipinski definition) is 4. The Bertz CT molecular complexity index is 506. The van der Waals surface area contributed by atoms with Crippen LogP contribution in [0.3, 0.4) is 0 Å². The molecule has 122 valence electrons. The van der Waals surface area contributed by atoms with Crippen LogP contribution in [0, 0.1) is 0 Å². The lowest BCUT2D eigenvalue weighted by atomic mass is 10.1. The number of amides is 1. The van der Waals surface area contributed by atoms with Crippen LogP contribution >= 0.6 is 0 Å². The number of aliphatic hydroxyl groups is 1. The molecule has 0 unspecified atom stereocenters. The van der Waals surface area contributed by atoms with Gasteiger partial charge in [-0.15, -0.1) is 0 Å². The van der Waals surface area contributed by atoms with Gasteiger partial charge in [-0.25, -0.2) is 4.79 Å². The van der Waals surface area contributed by atoms with Gasteiger partial charge in [-0.3, -0.25) is 0 Å². The minimum absolute atomic E-state index is 0.0331. The zero-order valence-electron chi connectivity index (χ0n) is 13.6. The number of hydrogen-bond donors (Lipinski definition) is 2. The van der Waals surface area contributed by atoms with E-state index in [1.165, 1.54) is 0 Å². The van der Waals surface area contributed by atoms with Crippen molar-refractivity contribution >= 4 is 12.2 Å². The minimum atomic E-state index is -0.516. The molecule has 0 fully saturated rings. The zero-order valence-corrected chi connectivity index (χ0v) is 13.6. The molecule has 0 spiro atoms. The molecular weight excluding hydrogens is 282 g/mol. The third kappa shape index (κ3) is 7.13. The van der Waals surface area contributed by atoms with Crippen LogP contribution in [0.5, 0.6) is 5.75 Å². The molecular formula is C17H25NO4.